The molecule has 0 aliphatic carbocycles. The van der Waals surface area contributed by atoms with Crippen molar-refractivity contribution in [2.45, 2.75) is 20.0 Å². The van der Waals surface area contributed by atoms with Crippen molar-refractivity contribution in [2.24, 2.45) is 10.9 Å². The summed E-state index contributed by atoms with van der Waals surface area (Å²) in [5.74, 6) is 2.18. The molecule has 0 radical (unpaired) electrons. The summed E-state index contributed by atoms with van der Waals surface area (Å²) in [5, 5.41) is 6.61. The van der Waals surface area contributed by atoms with Gasteiger partial charge in [-0.05, 0) is 23.6 Å². The molecule has 0 amide bonds. The smallest absolute Gasteiger partial charge is 0.191 e. The van der Waals surface area contributed by atoms with Crippen LogP contribution in [0.1, 0.15) is 18.2 Å². The van der Waals surface area contributed by atoms with Crippen LogP contribution in [0.2, 0.25) is 0 Å². The molecule has 0 aliphatic rings. The van der Waals surface area contributed by atoms with Crippen molar-refractivity contribution in [3.8, 4) is 0 Å². The Morgan fingerprint density at radius 2 is 2.00 bits per heavy atom. The summed E-state index contributed by atoms with van der Waals surface area (Å²) < 4.78 is 11.1. The average Bonchev–Trinajstić information content (AvgIpc) is 3.12. The van der Waals surface area contributed by atoms with Gasteiger partial charge in [-0.2, -0.15) is 0 Å². The molecular formula is C19H27N3O2. The molecule has 0 spiro atoms. The van der Waals surface area contributed by atoms with E-state index in [4.69, 9.17) is 9.15 Å². The zero-order chi connectivity index (χ0) is 17.0. The van der Waals surface area contributed by atoms with Gasteiger partial charge >= 0.3 is 0 Å². The number of ether oxygens (including phenoxy) is 1. The van der Waals surface area contributed by atoms with Crippen LogP contribution in [0.4, 0.5) is 0 Å². The van der Waals surface area contributed by atoms with Gasteiger partial charge in [0.25, 0.3) is 0 Å². The molecule has 0 saturated heterocycles. The fourth-order valence-corrected chi connectivity index (χ4v) is 2.26. The van der Waals surface area contributed by atoms with Crippen molar-refractivity contribution in [3.63, 3.8) is 0 Å². The fraction of sp³-hybridized carbons (Fsp3) is 0.421. The van der Waals surface area contributed by atoms with Gasteiger partial charge in [-0.3, -0.25) is 4.99 Å². The van der Waals surface area contributed by atoms with Gasteiger partial charge in [-0.15, -0.1) is 0 Å². The molecule has 2 aromatic rings. The summed E-state index contributed by atoms with van der Waals surface area (Å²) >= 11 is 0. The van der Waals surface area contributed by atoms with E-state index in [1.54, 1.807) is 13.3 Å². The number of nitrogens with zero attached hydrogens (tertiary/aromatic N) is 1. The number of rotatable bonds is 9. The van der Waals surface area contributed by atoms with Crippen molar-refractivity contribution in [1.82, 2.24) is 10.6 Å². The summed E-state index contributed by atoms with van der Waals surface area (Å²) in [4.78, 5) is 4.23. The lowest BCUT2D eigenvalue weighted by atomic mass is 10.2. The quantitative estimate of drug-likeness (QED) is 0.549. The third-order valence-electron chi connectivity index (χ3n) is 3.60. The molecule has 2 rings (SSSR count). The summed E-state index contributed by atoms with van der Waals surface area (Å²) in [7, 11) is 1.78. The number of hydrogen-bond acceptors (Lipinski definition) is 3. The standard InChI is InChI=1S/C19H27N3O2/c1-16(14-23-15-17-7-4-3-5-8-17)13-22-19(20-2)21-11-10-18-9-6-12-24-18/h3-9,12,16H,10-11,13-15H2,1-2H3,(H2,20,21,22). The van der Waals surface area contributed by atoms with Crippen LogP contribution in [0.5, 0.6) is 0 Å². The van der Waals surface area contributed by atoms with E-state index >= 15 is 0 Å². The van der Waals surface area contributed by atoms with Crippen LogP contribution in [-0.4, -0.2) is 32.7 Å². The number of aliphatic imine (C=N–C) groups is 1. The van der Waals surface area contributed by atoms with E-state index in [0.717, 1.165) is 31.2 Å². The lowest BCUT2D eigenvalue weighted by Gasteiger charge is -2.16. The molecule has 1 heterocycles. The Hall–Kier alpha value is -2.27. The number of nitrogens with one attached hydrogen (secondary N) is 2. The first kappa shape index (κ1) is 18.1. The number of benzene rings is 1. The Kier molecular flexibility index (Phi) is 7.90. The minimum absolute atomic E-state index is 0.400. The van der Waals surface area contributed by atoms with Gasteiger partial charge in [0, 0.05) is 26.6 Å². The Bertz CT molecular complexity index is 582. The Labute approximate surface area is 144 Å². The Morgan fingerprint density at radius 1 is 1.17 bits per heavy atom. The van der Waals surface area contributed by atoms with Gasteiger partial charge < -0.3 is 19.8 Å². The SMILES string of the molecule is CN=C(NCCc1ccco1)NCC(C)COCc1ccccc1. The van der Waals surface area contributed by atoms with Gasteiger partial charge in [-0.25, -0.2) is 0 Å². The van der Waals surface area contributed by atoms with Crippen LogP contribution in [0.3, 0.4) is 0 Å². The molecule has 1 unspecified atom stereocenters. The molecule has 2 N–H and O–H groups in total. The van der Waals surface area contributed by atoms with E-state index in [-0.39, 0.29) is 0 Å². The van der Waals surface area contributed by atoms with Gasteiger partial charge in [-0.1, -0.05) is 37.3 Å². The largest absolute Gasteiger partial charge is 0.469 e. The van der Waals surface area contributed by atoms with Crippen LogP contribution in [0, 0.1) is 5.92 Å². The van der Waals surface area contributed by atoms with Gasteiger partial charge in [0.2, 0.25) is 0 Å². The third-order valence-corrected chi connectivity index (χ3v) is 3.60. The van der Waals surface area contributed by atoms with E-state index in [1.165, 1.54) is 5.56 Å². The van der Waals surface area contributed by atoms with E-state index in [2.05, 4.69) is 34.7 Å². The minimum Gasteiger partial charge on any atom is -0.469 e. The number of furan rings is 1. The van der Waals surface area contributed by atoms with E-state index in [9.17, 15) is 0 Å². The monoisotopic (exact) mass is 329 g/mol. The summed E-state index contributed by atoms with van der Waals surface area (Å²) in [6.45, 7) is 5.13. The predicted octanol–water partition coefficient (Wildman–Crippen LogP) is 2.84. The molecule has 130 valence electrons. The summed E-state index contributed by atoms with van der Waals surface area (Å²) in [6, 6.07) is 14.1. The molecule has 5 heteroatoms. The maximum Gasteiger partial charge on any atom is 0.191 e. The predicted molar refractivity (Wildman–Crippen MR) is 97.0 cm³/mol. The maximum atomic E-state index is 5.76. The molecule has 1 aromatic heterocycles. The molecule has 0 saturated carbocycles. The zero-order valence-corrected chi connectivity index (χ0v) is 14.5. The van der Waals surface area contributed by atoms with Crippen molar-refractivity contribution < 1.29 is 9.15 Å². The molecule has 0 bridgehead atoms. The molecule has 1 atom stereocenters. The van der Waals surface area contributed by atoms with Crippen LogP contribution in [0.15, 0.2) is 58.1 Å². The summed E-state index contributed by atoms with van der Waals surface area (Å²) in [6.07, 6.45) is 2.53. The lowest BCUT2D eigenvalue weighted by Crippen LogP contribution is -2.40. The van der Waals surface area contributed by atoms with Crippen molar-refractivity contribution >= 4 is 5.96 Å². The first-order chi connectivity index (χ1) is 11.8. The number of guanidine groups is 1. The van der Waals surface area contributed by atoms with Crippen LogP contribution < -0.4 is 10.6 Å². The molecule has 1 aromatic carbocycles. The van der Waals surface area contributed by atoms with Crippen LogP contribution >= 0.6 is 0 Å². The third kappa shape index (κ3) is 6.87. The van der Waals surface area contributed by atoms with Gasteiger partial charge in [0.1, 0.15) is 5.76 Å². The van der Waals surface area contributed by atoms with Crippen molar-refractivity contribution in [1.29, 1.82) is 0 Å². The molecule has 5 nitrogen and oxygen atoms in total. The normalized spacial score (nSPS) is 12.8. The van der Waals surface area contributed by atoms with Gasteiger partial charge in [0.05, 0.1) is 19.5 Å². The highest BCUT2D eigenvalue weighted by Gasteiger charge is 2.05. The second-order valence-corrected chi connectivity index (χ2v) is 5.82. The molecule has 24 heavy (non-hydrogen) atoms. The lowest BCUT2D eigenvalue weighted by molar-refractivity contribution is 0.0931. The fourth-order valence-electron chi connectivity index (χ4n) is 2.26. The highest BCUT2D eigenvalue weighted by Crippen LogP contribution is 2.03. The van der Waals surface area contributed by atoms with E-state index in [1.807, 2.05) is 30.3 Å². The molecule has 0 fully saturated rings. The second-order valence-electron chi connectivity index (χ2n) is 5.82. The first-order valence-electron chi connectivity index (χ1n) is 8.36. The van der Waals surface area contributed by atoms with Crippen molar-refractivity contribution in [2.75, 3.05) is 26.7 Å². The maximum absolute atomic E-state index is 5.76. The van der Waals surface area contributed by atoms with Crippen LogP contribution in [-0.2, 0) is 17.8 Å². The zero-order valence-electron chi connectivity index (χ0n) is 14.5. The van der Waals surface area contributed by atoms with Crippen molar-refractivity contribution in [3.05, 3.63) is 60.1 Å². The minimum atomic E-state index is 0.400. The molecular weight excluding hydrogens is 302 g/mol. The Morgan fingerprint density at radius 3 is 2.71 bits per heavy atom. The second kappa shape index (κ2) is 10.5. The van der Waals surface area contributed by atoms with E-state index < -0.39 is 0 Å². The average molecular weight is 329 g/mol. The summed E-state index contributed by atoms with van der Waals surface area (Å²) in [5.41, 5.74) is 1.20. The number of hydrogen-bond donors (Lipinski definition) is 2. The van der Waals surface area contributed by atoms with E-state index in [0.29, 0.717) is 19.1 Å². The Balaban J connectivity index is 1.58. The topological polar surface area (TPSA) is 58.8 Å². The van der Waals surface area contributed by atoms with Crippen LogP contribution in [0.25, 0.3) is 0 Å². The molecule has 0 aliphatic heterocycles. The highest BCUT2D eigenvalue weighted by molar-refractivity contribution is 5.79. The highest BCUT2D eigenvalue weighted by atomic mass is 16.5. The first-order valence-corrected chi connectivity index (χ1v) is 8.36. The van der Waals surface area contributed by atoms with Gasteiger partial charge in [0.15, 0.2) is 5.96 Å².